The van der Waals surface area contributed by atoms with Crippen LogP contribution in [0, 0.1) is 5.92 Å². The number of carbonyl (C=O) groups excluding carboxylic acids is 1. The van der Waals surface area contributed by atoms with Crippen molar-refractivity contribution < 1.29 is 14.3 Å². The highest BCUT2D eigenvalue weighted by Gasteiger charge is 2.15. The molecule has 150 valence electrons. The molecule has 0 aliphatic carbocycles. The van der Waals surface area contributed by atoms with Gasteiger partial charge in [-0.25, -0.2) is 0 Å². The average molecular weight is 387 g/mol. The van der Waals surface area contributed by atoms with Crippen molar-refractivity contribution in [2.75, 3.05) is 19.8 Å². The molecule has 0 spiro atoms. The molecular weight excluding hydrogens is 352 g/mol. The monoisotopic (exact) mass is 386 g/mol. The molecule has 0 radical (unpaired) electrons. The van der Waals surface area contributed by atoms with E-state index < -0.39 is 0 Å². The van der Waals surface area contributed by atoms with Crippen LogP contribution in [-0.2, 0) is 11.3 Å². The van der Waals surface area contributed by atoms with E-state index in [4.69, 9.17) is 9.47 Å². The highest BCUT2D eigenvalue weighted by molar-refractivity contribution is 5.85. The van der Waals surface area contributed by atoms with Crippen LogP contribution >= 0.6 is 12.4 Å². The maximum absolute atomic E-state index is 11.9. The van der Waals surface area contributed by atoms with E-state index in [1.54, 1.807) is 0 Å². The summed E-state index contributed by atoms with van der Waals surface area (Å²) in [5.74, 6) is 1.82. The minimum absolute atomic E-state index is 0. The number of amides is 1. The zero-order valence-electron chi connectivity index (χ0n) is 17.0. The second-order valence-electron chi connectivity index (χ2n) is 7.66. The minimum atomic E-state index is -0.269. The number of rotatable bonds is 10. The zero-order chi connectivity index (χ0) is 18.9. The summed E-state index contributed by atoms with van der Waals surface area (Å²) in [6.07, 6.45) is 1.16. The van der Waals surface area contributed by atoms with Crippen molar-refractivity contribution in [1.82, 2.24) is 10.6 Å². The molecule has 6 heteroatoms. The summed E-state index contributed by atoms with van der Waals surface area (Å²) in [6.45, 7) is 14.5. The van der Waals surface area contributed by atoms with Crippen LogP contribution in [0.4, 0.5) is 0 Å². The fraction of sp³-hybridized carbons (Fsp3) is 0.650. The van der Waals surface area contributed by atoms with Crippen molar-refractivity contribution in [3.8, 4) is 11.5 Å². The van der Waals surface area contributed by atoms with Gasteiger partial charge < -0.3 is 20.1 Å². The van der Waals surface area contributed by atoms with Gasteiger partial charge in [-0.3, -0.25) is 4.79 Å². The van der Waals surface area contributed by atoms with Gasteiger partial charge in [-0.1, -0.05) is 19.9 Å². The van der Waals surface area contributed by atoms with E-state index in [0.29, 0.717) is 24.0 Å². The lowest BCUT2D eigenvalue weighted by molar-refractivity contribution is -0.124. The molecule has 26 heavy (non-hydrogen) atoms. The van der Waals surface area contributed by atoms with Crippen molar-refractivity contribution in [3.05, 3.63) is 23.8 Å². The van der Waals surface area contributed by atoms with Crippen LogP contribution in [0.1, 0.15) is 53.5 Å². The topological polar surface area (TPSA) is 59.6 Å². The predicted molar refractivity (Wildman–Crippen MR) is 109 cm³/mol. The standard InChI is InChI=1S/C20H34N2O3.ClH/c1-7-24-18-12-16(13-21-11-10-15(2)3)8-9-17(18)25-14-19(23)22-20(4,5)6;/h8-9,12,15,21H,7,10-11,13-14H2,1-6H3,(H,22,23);1H. The summed E-state index contributed by atoms with van der Waals surface area (Å²) in [4.78, 5) is 11.9. The Kier molecular flexibility index (Phi) is 11.3. The van der Waals surface area contributed by atoms with Crippen molar-refractivity contribution in [3.63, 3.8) is 0 Å². The fourth-order valence-electron chi connectivity index (χ4n) is 2.27. The molecule has 0 heterocycles. The smallest absolute Gasteiger partial charge is 0.258 e. The summed E-state index contributed by atoms with van der Waals surface area (Å²) in [6, 6.07) is 5.85. The molecule has 1 aromatic rings. The lowest BCUT2D eigenvalue weighted by Gasteiger charge is -2.21. The number of hydrogen-bond acceptors (Lipinski definition) is 4. The van der Waals surface area contributed by atoms with E-state index in [-0.39, 0.29) is 30.5 Å². The van der Waals surface area contributed by atoms with Crippen molar-refractivity contribution in [2.45, 2.75) is 60.0 Å². The Labute approximate surface area is 164 Å². The summed E-state index contributed by atoms with van der Waals surface area (Å²) in [7, 11) is 0. The molecule has 0 saturated heterocycles. The van der Waals surface area contributed by atoms with Gasteiger partial charge in [0.25, 0.3) is 5.91 Å². The number of ether oxygens (including phenoxy) is 2. The maximum Gasteiger partial charge on any atom is 0.258 e. The van der Waals surface area contributed by atoms with Gasteiger partial charge in [0.05, 0.1) is 6.61 Å². The Hall–Kier alpha value is -1.46. The van der Waals surface area contributed by atoms with Crippen LogP contribution in [0.5, 0.6) is 11.5 Å². The number of halogens is 1. The molecule has 1 aromatic carbocycles. The minimum Gasteiger partial charge on any atom is -0.490 e. The number of nitrogens with one attached hydrogen (secondary N) is 2. The average Bonchev–Trinajstić information content (AvgIpc) is 2.49. The predicted octanol–water partition coefficient (Wildman–Crippen LogP) is 3.94. The molecule has 0 fully saturated rings. The van der Waals surface area contributed by atoms with E-state index in [1.807, 2.05) is 45.9 Å². The Bertz CT molecular complexity index is 542. The van der Waals surface area contributed by atoms with E-state index in [9.17, 15) is 4.79 Å². The fourth-order valence-corrected chi connectivity index (χ4v) is 2.27. The number of carbonyl (C=O) groups is 1. The molecule has 0 aliphatic heterocycles. The van der Waals surface area contributed by atoms with Gasteiger partial charge in [0.2, 0.25) is 0 Å². The van der Waals surface area contributed by atoms with Crippen LogP contribution in [0.3, 0.4) is 0 Å². The van der Waals surface area contributed by atoms with Crippen molar-refractivity contribution in [1.29, 1.82) is 0 Å². The van der Waals surface area contributed by atoms with Gasteiger partial charge in [0, 0.05) is 12.1 Å². The second kappa shape index (κ2) is 12.0. The summed E-state index contributed by atoms with van der Waals surface area (Å²) in [5, 5.41) is 6.32. The van der Waals surface area contributed by atoms with Crippen LogP contribution < -0.4 is 20.1 Å². The molecule has 2 N–H and O–H groups in total. The van der Waals surface area contributed by atoms with Crippen LogP contribution in [0.2, 0.25) is 0 Å². The summed E-state index contributed by atoms with van der Waals surface area (Å²) >= 11 is 0. The quantitative estimate of drug-likeness (QED) is 0.598. The van der Waals surface area contributed by atoms with Gasteiger partial charge in [-0.15, -0.1) is 12.4 Å². The van der Waals surface area contributed by atoms with Gasteiger partial charge in [0.15, 0.2) is 18.1 Å². The Morgan fingerprint density at radius 1 is 1.15 bits per heavy atom. The SMILES string of the molecule is CCOc1cc(CNCCC(C)C)ccc1OCC(=O)NC(C)(C)C.Cl. The van der Waals surface area contributed by atoms with E-state index in [2.05, 4.69) is 24.5 Å². The molecule has 1 rings (SSSR count). The highest BCUT2D eigenvalue weighted by atomic mass is 35.5. The molecule has 0 aromatic heterocycles. The van der Waals surface area contributed by atoms with Gasteiger partial charge in [0.1, 0.15) is 0 Å². The first-order chi connectivity index (χ1) is 11.7. The second-order valence-corrected chi connectivity index (χ2v) is 7.66. The third-order valence-electron chi connectivity index (χ3n) is 3.41. The number of benzene rings is 1. The number of hydrogen-bond donors (Lipinski definition) is 2. The van der Waals surface area contributed by atoms with E-state index in [1.165, 1.54) is 0 Å². The molecule has 0 saturated carbocycles. The first-order valence-electron chi connectivity index (χ1n) is 9.11. The Balaban J connectivity index is 0.00000625. The largest absolute Gasteiger partial charge is 0.490 e. The molecule has 0 aliphatic rings. The van der Waals surface area contributed by atoms with Crippen LogP contribution in [-0.4, -0.2) is 31.2 Å². The molecular formula is C20H35ClN2O3. The molecule has 0 atom stereocenters. The van der Waals surface area contributed by atoms with Crippen molar-refractivity contribution >= 4 is 18.3 Å². The Morgan fingerprint density at radius 3 is 2.42 bits per heavy atom. The van der Waals surface area contributed by atoms with Gasteiger partial charge in [-0.05, 0) is 64.3 Å². The lowest BCUT2D eigenvalue weighted by Crippen LogP contribution is -2.43. The zero-order valence-corrected chi connectivity index (χ0v) is 17.8. The first kappa shape index (κ1) is 24.5. The normalized spacial score (nSPS) is 11.0. The third-order valence-corrected chi connectivity index (χ3v) is 3.41. The van der Waals surface area contributed by atoms with Crippen LogP contribution in [0.15, 0.2) is 18.2 Å². The highest BCUT2D eigenvalue weighted by Crippen LogP contribution is 2.28. The van der Waals surface area contributed by atoms with E-state index in [0.717, 1.165) is 25.1 Å². The molecule has 0 bridgehead atoms. The van der Waals surface area contributed by atoms with Crippen molar-refractivity contribution in [2.24, 2.45) is 5.92 Å². The van der Waals surface area contributed by atoms with Gasteiger partial charge >= 0.3 is 0 Å². The summed E-state index contributed by atoms with van der Waals surface area (Å²) < 4.78 is 11.3. The first-order valence-corrected chi connectivity index (χ1v) is 9.11. The van der Waals surface area contributed by atoms with E-state index >= 15 is 0 Å². The maximum atomic E-state index is 11.9. The molecule has 1 amide bonds. The lowest BCUT2D eigenvalue weighted by atomic mass is 10.1. The third kappa shape index (κ3) is 10.5. The summed E-state index contributed by atoms with van der Waals surface area (Å²) in [5.41, 5.74) is 0.869. The molecule has 5 nitrogen and oxygen atoms in total. The van der Waals surface area contributed by atoms with Gasteiger partial charge in [-0.2, -0.15) is 0 Å². The van der Waals surface area contributed by atoms with Crippen LogP contribution in [0.25, 0.3) is 0 Å². The molecule has 0 unspecified atom stereocenters. The Morgan fingerprint density at radius 2 is 1.85 bits per heavy atom.